The minimum Gasteiger partial charge on any atom is -0.469 e. The fraction of sp³-hybridized carbons (Fsp3) is 0.400. The lowest BCUT2D eigenvalue weighted by Crippen LogP contribution is -2.26. The molecule has 1 atom stereocenters. The van der Waals surface area contributed by atoms with Crippen LogP contribution in [0.15, 0.2) is 24.3 Å². The fourth-order valence-corrected chi connectivity index (χ4v) is 2.36. The van der Waals surface area contributed by atoms with Crippen molar-refractivity contribution in [1.29, 1.82) is 0 Å². The Labute approximate surface area is 128 Å². The molecule has 0 saturated carbocycles. The Morgan fingerprint density at radius 1 is 1.36 bits per heavy atom. The second-order valence-electron chi connectivity index (χ2n) is 4.96. The second kappa shape index (κ2) is 7.04. The summed E-state index contributed by atoms with van der Waals surface area (Å²) in [5, 5.41) is 2.67. The maximum absolute atomic E-state index is 12.1. The van der Waals surface area contributed by atoms with Crippen molar-refractivity contribution in [2.75, 3.05) is 37.6 Å². The Kier molecular flexibility index (Phi) is 5.11. The number of nitrogens with zero attached hydrogens (tertiary/aromatic N) is 1. The Morgan fingerprint density at radius 3 is 2.82 bits per heavy atom. The van der Waals surface area contributed by atoms with Crippen LogP contribution in [-0.4, -0.2) is 45.2 Å². The van der Waals surface area contributed by atoms with Gasteiger partial charge in [0.15, 0.2) is 0 Å². The molecule has 0 aliphatic carbocycles. The molecule has 1 aliphatic rings. The summed E-state index contributed by atoms with van der Waals surface area (Å²) in [4.78, 5) is 36.6. The van der Waals surface area contributed by atoms with Crippen LogP contribution in [0, 0.1) is 5.92 Å². The van der Waals surface area contributed by atoms with Crippen molar-refractivity contribution in [2.24, 2.45) is 5.92 Å². The van der Waals surface area contributed by atoms with E-state index in [9.17, 15) is 14.4 Å². The molecule has 7 heteroatoms. The van der Waals surface area contributed by atoms with E-state index >= 15 is 0 Å². The van der Waals surface area contributed by atoms with Crippen LogP contribution < -0.4 is 10.2 Å². The topological polar surface area (TPSA) is 84.9 Å². The van der Waals surface area contributed by atoms with Crippen LogP contribution in [0.5, 0.6) is 0 Å². The first-order valence-corrected chi connectivity index (χ1v) is 6.82. The minimum absolute atomic E-state index is 0.0444. The molecule has 1 unspecified atom stereocenters. The largest absolute Gasteiger partial charge is 0.469 e. The van der Waals surface area contributed by atoms with E-state index in [0.29, 0.717) is 11.4 Å². The minimum atomic E-state index is -0.454. The number of benzene rings is 1. The fourth-order valence-electron chi connectivity index (χ4n) is 2.36. The number of ether oxygens (including phenoxy) is 2. The quantitative estimate of drug-likeness (QED) is 0.813. The summed E-state index contributed by atoms with van der Waals surface area (Å²) in [5.41, 5.74) is 1.19. The summed E-state index contributed by atoms with van der Waals surface area (Å²) in [5.74, 6) is -1.26. The molecule has 22 heavy (non-hydrogen) atoms. The lowest BCUT2D eigenvalue weighted by Gasteiger charge is -2.17. The van der Waals surface area contributed by atoms with E-state index in [0.717, 1.165) is 0 Å². The van der Waals surface area contributed by atoms with E-state index in [-0.39, 0.29) is 37.4 Å². The lowest BCUT2D eigenvalue weighted by molar-refractivity contribution is -0.145. The zero-order valence-corrected chi connectivity index (χ0v) is 12.5. The van der Waals surface area contributed by atoms with Crippen LogP contribution >= 0.6 is 0 Å². The third kappa shape index (κ3) is 3.62. The molecule has 0 bridgehead atoms. The van der Waals surface area contributed by atoms with Gasteiger partial charge in [-0.25, -0.2) is 0 Å². The van der Waals surface area contributed by atoms with E-state index in [1.807, 2.05) is 0 Å². The van der Waals surface area contributed by atoms with E-state index in [1.54, 1.807) is 24.3 Å². The zero-order chi connectivity index (χ0) is 16.1. The van der Waals surface area contributed by atoms with Crippen molar-refractivity contribution in [1.82, 2.24) is 0 Å². The molecule has 0 spiro atoms. The van der Waals surface area contributed by atoms with Crippen LogP contribution in [0.3, 0.4) is 0 Å². The molecule has 0 aromatic heterocycles. The summed E-state index contributed by atoms with van der Waals surface area (Å²) in [7, 11) is 2.74. The van der Waals surface area contributed by atoms with Gasteiger partial charge in [0, 0.05) is 31.5 Å². The van der Waals surface area contributed by atoms with Crippen molar-refractivity contribution in [3.05, 3.63) is 24.3 Å². The number of hydrogen-bond acceptors (Lipinski definition) is 5. The van der Waals surface area contributed by atoms with Gasteiger partial charge in [0.1, 0.15) is 6.61 Å². The van der Waals surface area contributed by atoms with Crippen molar-refractivity contribution in [2.45, 2.75) is 6.42 Å². The van der Waals surface area contributed by atoms with Crippen LogP contribution in [0.4, 0.5) is 11.4 Å². The first-order chi connectivity index (χ1) is 10.5. The van der Waals surface area contributed by atoms with Crippen LogP contribution in [0.1, 0.15) is 6.42 Å². The van der Waals surface area contributed by atoms with Gasteiger partial charge >= 0.3 is 5.97 Å². The second-order valence-corrected chi connectivity index (χ2v) is 4.96. The number of anilines is 2. The maximum Gasteiger partial charge on any atom is 0.311 e. The van der Waals surface area contributed by atoms with E-state index in [2.05, 4.69) is 10.1 Å². The number of carbonyl (C=O) groups excluding carboxylic acids is 3. The van der Waals surface area contributed by atoms with Crippen LogP contribution in [0.2, 0.25) is 0 Å². The summed E-state index contributed by atoms with van der Waals surface area (Å²) in [6.07, 6.45) is 0.132. The summed E-state index contributed by atoms with van der Waals surface area (Å²) >= 11 is 0. The van der Waals surface area contributed by atoms with Gasteiger partial charge < -0.3 is 19.7 Å². The van der Waals surface area contributed by atoms with Crippen molar-refractivity contribution < 1.29 is 23.9 Å². The molecule has 1 fully saturated rings. The third-order valence-corrected chi connectivity index (χ3v) is 3.38. The Hall–Kier alpha value is -2.41. The molecule has 118 valence electrons. The highest BCUT2D eigenvalue weighted by Gasteiger charge is 2.35. The highest BCUT2D eigenvalue weighted by molar-refractivity contribution is 6.00. The molecule has 2 rings (SSSR count). The van der Waals surface area contributed by atoms with Gasteiger partial charge in [-0.2, -0.15) is 0 Å². The van der Waals surface area contributed by atoms with Gasteiger partial charge in [0.25, 0.3) is 0 Å². The molecule has 1 saturated heterocycles. The number of esters is 1. The average molecular weight is 306 g/mol. The smallest absolute Gasteiger partial charge is 0.311 e. The normalized spacial score (nSPS) is 17.5. The van der Waals surface area contributed by atoms with Gasteiger partial charge in [0.2, 0.25) is 11.8 Å². The van der Waals surface area contributed by atoms with Crippen molar-refractivity contribution in [3.63, 3.8) is 0 Å². The molecule has 1 heterocycles. The first-order valence-electron chi connectivity index (χ1n) is 6.82. The van der Waals surface area contributed by atoms with Crippen molar-refractivity contribution >= 4 is 29.2 Å². The Morgan fingerprint density at radius 2 is 2.14 bits per heavy atom. The highest BCUT2D eigenvalue weighted by Crippen LogP contribution is 2.27. The zero-order valence-electron chi connectivity index (χ0n) is 12.5. The predicted octanol–water partition coefficient (Wildman–Crippen LogP) is 0.797. The van der Waals surface area contributed by atoms with E-state index in [4.69, 9.17) is 4.74 Å². The number of carbonyl (C=O) groups is 3. The SMILES string of the molecule is COCC(=O)Nc1cccc(N2CC(C(=O)OC)CC2=O)c1. The molecule has 7 nitrogen and oxygen atoms in total. The Bertz CT molecular complexity index is 587. The molecule has 2 amide bonds. The number of amides is 2. The summed E-state index contributed by atoms with van der Waals surface area (Å²) < 4.78 is 9.43. The lowest BCUT2D eigenvalue weighted by atomic mass is 10.1. The summed E-state index contributed by atoms with van der Waals surface area (Å²) in [6, 6.07) is 6.89. The number of methoxy groups -OCH3 is 2. The number of nitrogens with one attached hydrogen (secondary N) is 1. The van der Waals surface area contributed by atoms with Crippen molar-refractivity contribution in [3.8, 4) is 0 Å². The number of rotatable bonds is 5. The third-order valence-electron chi connectivity index (χ3n) is 3.38. The van der Waals surface area contributed by atoms with Crippen LogP contribution in [-0.2, 0) is 23.9 Å². The predicted molar refractivity (Wildman–Crippen MR) is 79.4 cm³/mol. The van der Waals surface area contributed by atoms with E-state index in [1.165, 1.54) is 19.1 Å². The monoisotopic (exact) mass is 306 g/mol. The Balaban J connectivity index is 2.11. The molecule has 1 aromatic carbocycles. The van der Waals surface area contributed by atoms with Gasteiger partial charge in [-0.1, -0.05) is 6.07 Å². The highest BCUT2D eigenvalue weighted by atomic mass is 16.5. The molecule has 1 aliphatic heterocycles. The van der Waals surface area contributed by atoms with Gasteiger partial charge in [-0.3, -0.25) is 14.4 Å². The van der Waals surface area contributed by atoms with Crippen LogP contribution in [0.25, 0.3) is 0 Å². The molecule has 1 N–H and O–H groups in total. The molecular weight excluding hydrogens is 288 g/mol. The molecule has 1 aromatic rings. The first kappa shape index (κ1) is 16.0. The summed E-state index contributed by atoms with van der Waals surface area (Å²) in [6.45, 7) is 0.234. The van der Waals surface area contributed by atoms with Gasteiger partial charge in [-0.05, 0) is 18.2 Å². The standard InChI is InChI=1S/C15H18N2O5/c1-21-9-13(18)16-11-4-3-5-12(7-11)17-8-10(6-14(17)19)15(20)22-2/h3-5,7,10H,6,8-9H2,1-2H3,(H,16,18). The van der Waals surface area contributed by atoms with Gasteiger partial charge in [-0.15, -0.1) is 0 Å². The number of hydrogen-bond donors (Lipinski definition) is 1. The van der Waals surface area contributed by atoms with Gasteiger partial charge in [0.05, 0.1) is 13.0 Å². The van der Waals surface area contributed by atoms with E-state index < -0.39 is 5.92 Å². The maximum atomic E-state index is 12.1. The molecule has 0 radical (unpaired) electrons. The average Bonchev–Trinajstić information content (AvgIpc) is 2.89. The molecular formula is C15H18N2O5.